The number of rotatable bonds is 3. The van der Waals surface area contributed by atoms with E-state index in [0.717, 1.165) is 23.4 Å². The fourth-order valence-electron chi connectivity index (χ4n) is 1.32. The molecule has 20 heavy (non-hydrogen) atoms. The van der Waals surface area contributed by atoms with Crippen LogP contribution in [0.15, 0.2) is 34.5 Å². The second-order valence-electron chi connectivity index (χ2n) is 4.16. The lowest BCUT2D eigenvalue weighted by Gasteiger charge is -2.20. The van der Waals surface area contributed by atoms with Gasteiger partial charge in [-0.15, -0.1) is 17.5 Å². The number of nitrogens with zero attached hydrogens (tertiary/aromatic N) is 3. The van der Waals surface area contributed by atoms with Crippen LogP contribution in [0.1, 0.15) is 25.8 Å². The molecule has 0 saturated heterocycles. The van der Waals surface area contributed by atoms with Crippen molar-refractivity contribution >= 4 is 47.1 Å². The van der Waals surface area contributed by atoms with Crippen LogP contribution >= 0.6 is 24.6 Å². The number of halogens is 1. The maximum Gasteiger partial charge on any atom is 0.227 e. The number of thiocarbonyl (C=S) groups is 1. The van der Waals surface area contributed by atoms with Gasteiger partial charge in [-0.2, -0.15) is 5.10 Å². The third kappa shape index (κ3) is 5.14. The third-order valence-corrected chi connectivity index (χ3v) is 2.76. The van der Waals surface area contributed by atoms with Gasteiger partial charge in [0.2, 0.25) is 5.96 Å². The fourth-order valence-corrected chi connectivity index (χ4v) is 1.52. The van der Waals surface area contributed by atoms with Gasteiger partial charge in [-0.25, -0.2) is 0 Å². The molecule has 0 aromatic heterocycles. The van der Waals surface area contributed by atoms with E-state index >= 15 is 0 Å². The number of hydrogen-bond acceptors (Lipinski definition) is 3. The van der Waals surface area contributed by atoms with Gasteiger partial charge in [0.15, 0.2) is 5.11 Å². The summed E-state index contributed by atoms with van der Waals surface area (Å²) in [5.41, 5.74) is 14.4. The average Bonchev–Trinajstić information content (AvgIpc) is 2.38. The van der Waals surface area contributed by atoms with E-state index in [-0.39, 0.29) is 23.5 Å². The highest BCUT2D eigenvalue weighted by molar-refractivity contribution is 7.80. The lowest BCUT2D eigenvalue weighted by atomic mass is 10.2. The molecule has 0 fully saturated rings. The van der Waals surface area contributed by atoms with E-state index in [1.54, 1.807) is 0 Å². The van der Waals surface area contributed by atoms with Crippen LogP contribution in [0.25, 0.3) is 0 Å². The Kier molecular flexibility index (Phi) is 7.79. The molecule has 1 rings (SSSR count). The minimum absolute atomic E-state index is 0. The van der Waals surface area contributed by atoms with Gasteiger partial charge < -0.3 is 11.5 Å². The molecule has 0 heterocycles. The monoisotopic (exact) mass is 313 g/mol. The number of hydrogen-bond donors (Lipinski definition) is 2. The molecule has 0 atom stereocenters. The van der Waals surface area contributed by atoms with Crippen LogP contribution in [0.4, 0.5) is 5.69 Å². The zero-order valence-electron chi connectivity index (χ0n) is 11.8. The molecule has 1 aromatic rings. The normalized spacial score (nSPS) is 11.8. The quantitative estimate of drug-likeness (QED) is 0.389. The lowest BCUT2D eigenvalue weighted by Crippen LogP contribution is -2.45. The van der Waals surface area contributed by atoms with Crippen LogP contribution in [0.3, 0.4) is 0 Å². The van der Waals surface area contributed by atoms with Crippen molar-refractivity contribution < 1.29 is 0 Å². The van der Waals surface area contributed by atoms with Crippen molar-refractivity contribution in [1.29, 1.82) is 0 Å². The molecule has 5 nitrogen and oxygen atoms in total. The molecule has 0 aliphatic heterocycles. The summed E-state index contributed by atoms with van der Waals surface area (Å²) in [7, 11) is 0. The summed E-state index contributed by atoms with van der Waals surface area (Å²) >= 11 is 5.01. The summed E-state index contributed by atoms with van der Waals surface area (Å²) < 4.78 is 0. The van der Waals surface area contributed by atoms with E-state index in [1.165, 1.54) is 4.90 Å². The molecule has 0 spiro atoms. The first-order valence-electron chi connectivity index (χ1n) is 5.98. The van der Waals surface area contributed by atoms with Crippen molar-refractivity contribution in [1.82, 2.24) is 0 Å². The first kappa shape index (κ1) is 18.3. The van der Waals surface area contributed by atoms with Crippen LogP contribution < -0.4 is 16.4 Å². The van der Waals surface area contributed by atoms with E-state index in [0.29, 0.717) is 0 Å². The van der Waals surface area contributed by atoms with Crippen LogP contribution in [0.2, 0.25) is 0 Å². The topological polar surface area (TPSA) is 80.0 Å². The highest BCUT2D eigenvalue weighted by Gasteiger charge is 2.13. The third-order valence-electron chi connectivity index (χ3n) is 2.58. The lowest BCUT2D eigenvalue weighted by molar-refractivity contribution is 1.13. The van der Waals surface area contributed by atoms with Crippen molar-refractivity contribution in [2.75, 3.05) is 4.90 Å². The number of nitrogens with two attached hydrogens (primary N) is 2. The van der Waals surface area contributed by atoms with Gasteiger partial charge in [-0.05, 0) is 44.6 Å². The van der Waals surface area contributed by atoms with Gasteiger partial charge in [0.1, 0.15) is 0 Å². The molecule has 7 heteroatoms. The smallest absolute Gasteiger partial charge is 0.227 e. The predicted octanol–water partition coefficient (Wildman–Crippen LogP) is 2.57. The van der Waals surface area contributed by atoms with Crippen molar-refractivity contribution in [2.24, 2.45) is 21.7 Å². The van der Waals surface area contributed by atoms with Crippen molar-refractivity contribution in [3.63, 3.8) is 0 Å². The van der Waals surface area contributed by atoms with Crippen LogP contribution in [-0.4, -0.2) is 16.8 Å². The molecule has 0 aliphatic carbocycles. The molecule has 0 bridgehead atoms. The van der Waals surface area contributed by atoms with Gasteiger partial charge in [0.05, 0.1) is 5.69 Å². The Hall–Kier alpha value is -1.66. The van der Waals surface area contributed by atoms with Crippen LogP contribution in [-0.2, 0) is 0 Å². The first-order valence-corrected chi connectivity index (χ1v) is 6.39. The second-order valence-corrected chi connectivity index (χ2v) is 4.57. The van der Waals surface area contributed by atoms with Gasteiger partial charge in [0, 0.05) is 5.71 Å². The minimum atomic E-state index is 0. The van der Waals surface area contributed by atoms with E-state index in [9.17, 15) is 0 Å². The summed E-state index contributed by atoms with van der Waals surface area (Å²) in [5.74, 6) is 0.157. The van der Waals surface area contributed by atoms with Gasteiger partial charge in [-0.3, -0.25) is 4.90 Å². The zero-order chi connectivity index (χ0) is 14.4. The molecule has 0 radical (unpaired) electrons. The number of guanidine groups is 1. The van der Waals surface area contributed by atoms with Crippen molar-refractivity contribution in [2.45, 2.75) is 27.2 Å². The maximum absolute atomic E-state index is 5.89. The summed E-state index contributed by atoms with van der Waals surface area (Å²) in [6, 6.07) is 7.67. The first-order chi connectivity index (χ1) is 8.95. The summed E-state index contributed by atoms with van der Waals surface area (Å²) in [6.07, 6.45) is 0.814. The van der Waals surface area contributed by atoms with Gasteiger partial charge in [0.25, 0.3) is 0 Å². The van der Waals surface area contributed by atoms with Gasteiger partial charge in [-0.1, -0.05) is 24.6 Å². The zero-order valence-corrected chi connectivity index (χ0v) is 13.5. The Labute approximate surface area is 131 Å². The molecule has 0 unspecified atom stereocenters. The number of benzene rings is 1. The Morgan fingerprint density at radius 3 is 2.20 bits per heavy atom. The number of aryl methyl sites for hydroxylation is 1. The molecular weight excluding hydrogens is 294 g/mol. The maximum atomic E-state index is 5.89. The molecule has 4 N–H and O–H groups in total. The predicted molar refractivity (Wildman–Crippen MR) is 92.7 cm³/mol. The van der Waals surface area contributed by atoms with E-state index in [4.69, 9.17) is 23.7 Å². The highest BCUT2D eigenvalue weighted by Crippen LogP contribution is 2.14. The van der Waals surface area contributed by atoms with E-state index in [1.807, 2.05) is 45.0 Å². The Bertz CT molecular complexity index is 510. The Balaban J connectivity index is 0.00000361. The molecule has 1 aromatic carbocycles. The van der Waals surface area contributed by atoms with Crippen molar-refractivity contribution in [3.8, 4) is 0 Å². The van der Waals surface area contributed by atoms with Crippen LogP contribution in [0, 0.1) is 6.92 Å². The Morgan fingerprint density at radius 1 is 1.20 bits per heavy atom. The second kappa shape index (κ2) is 8.50. The van der Waals surface area contributed by atoms with Gasteiger partial charge >= 0.3 is 0 Å². The molecular formula is C13H20ClN5S. The average molecular weight is 314 g/mol. The SMILES string of the molecule is CCC(C)=NN=C(N)N(C(N)=S)c1ccc(C)cc1.Cl. The largest absolute Gasteiger partial charge is 0.376 e. The van der Waals surface area contributed by atoms with E-state index in [2.05, 4.69) is 10.2 Å². The fraction of sp³-hybridized carbons (Fsp3) is 0.308. The van der Waals surface area contributed by atoms with Crippen molar-refractivity contribution in [3.05, 3.63) is 29.8 Å². The van der Waals surface area contributed by atoms with E-state index < -0.39 is 0 Å². The standard InChI is InChI=1S/C13H19N5S.ClH/c1-4-10(3)16-17-12(14)18(13(15)19)11-7-5-9(2)6-8-11;/h5-8H,4H2,1-3H3,(H2,14,17)(H2,15,19);1H. The minimum Gasteiger partial charge on any atom is -0.376 e. The molecule has 110 valence electrons. The highest BCUT2D eigenvalue weighted by atomic mass is 35.5. The molecule has 0 aliphatic rings. The summed E-state index contributed by atoms with van der Waals surface area (Å²) in [6.45, 7) is 5.88. The Morgan fingerprint density at radius 2 is 1.75 bits per heavy atom. The summed E-state index contributed by atoms with van der Waals surface area (Å²) in [4.78, 5) is 1.49. The summed E-state index contributed by atoms with van der Waals surface area (Å²) in [5, 5.41) is 8.10. The number of anilines is 1. The molecule has 0 saturated carbocycles. The molecule has 0 amide bonds. The van der Waals surface area contributed by atoms with Crippen LogP contribution in [0.5, 0.6) is 0 Å².